The number of aromatic nitrogens is 1. The molecule has 1 amide bonds. The lowest BCUT2D eigenvalue weighted by atomic mass is 10.2. The summed E-state index contributed by atoms with van der Waals surface area (Å²) < 4.78 is 14.2. The molecule has 0 saturated carbocycles. The number of hydrogen-bond donors (Lipinski definition) is 2. The Balaban J connectivity index is 1.95. The van der Waals surface area contributed by atoms with Crippen LogP contribution in [-0.2, 0) is 6.42 Å². The monoisotopic (exact) mass is 307 g/mol. The summed E-state index contributed by atoms with van der Waals surface area (Å²) in [6.07, 6.45) is 3.04. The van der Waals surface area contributed by atoms with Crippen molar-refractivity contribution in [3.63, 3.8) is 0 Å². The molecule has 0 unspecified atom stereocenters. The zero-order valence-electron chi connectivity index (χ0n) is 11.9. The van der Waals surface area contributed by atoms with Crippen LogP contribution in [0.5, 0.6) is 0 Å². The van der Waals surface area contributed by atoms with E-state index in [9.17, 15) is 9.18 Å². The molecule has 0 aromatic carbocycles. The predicted octanol–water partition coefficient (Wildman–Crippen LogP) is 3.08. The summed E-state index contributed by atoms with van der Waals surface area (Å²) >= 11 is 1.62. The van der Waals surface area contributed by atoms with E-state index in [4.69, 9.17) is 0 Å². The summed E-state index contributed by atoms with van der Waals surface area (Å²) in [5.74, 6) is -0.883. The lowest BCUT2D eigenvalue weighted by Crippen LogP contribution is -2.27. The maximum atomic E-state index is 14.2. The number of hydrogen-bond acceptors (Lipinski definition) is 4. The van der Waals surface area contributed by atoms with Gasteiger partial charge in [-0.3, -0.25) is 4.79 Å². The van der Waals surface area contributed by atoms with E-state index in [0.29, 0.717) is 13.1 Å². The summed E-state index contributed by atoms with van der Waals surface area (Å²) in [6.45, 7) is 3.08. The molecule has 2 aromatic heterocycles. The van der Waals surface area contributed by atoms with E-state index < -0.39 is 11.7 Å². The van der Waals surface area contributed by atoms with Crippen LogP contribution in [-0.4, -0.2) is 24.0 Å². The first-order valence-electron chi connectivity index (χ1n) is 6.90. The third-order valence-corrected chi connectivity index (χ3v) is 3.69. The van der Waals surface area contributed by atoms with E-state index in [0.717, 1.165) is 12.8 Å². The Bertz CT molecular complexity index is 587. The molecule has 0 fully saturated rings. The quantitative estimate of drug-likeness (QED) is 0.826. The van der Waals surface area contributed by atoms with Crippen LogP contribution < -0.4 is 10.6 Å². The first-order chi connectivity index (χ1) is 10.2. The molecule has 0 aliphatic carbocycles. The van der Waals surface area contributed by atoms with Crippen molar-refractivity contribution in [1.29, 1.82) is 0 Å². The molecule has 0 aliphatic heterocycles. The van der Waals surface area contributed by atoms with Crippen molar-refractivity contribution in [2.24, 2.45) is 0 Å². The van der Waals surface area contributed by atoms with Gasteiger partial charge in [0, 0.05) is 19.3 Å². The molecule has 0 atom stereocenters. The van der Waals surface area contributed by atoms with Gasteiger partial charge in [0.1, 0.15) is 0 Å². The Labute approximate surface area is 127 Å². The molecule has 0 saturated heterocycles. The maximum Gasteiger partial charge on any atom is 0.254 e. The fourth-order valence-electron chi connectivity index (χ4n) is 1.84. The molecule has 2 aromatic rings. The Morgan fingerprint density at radius 2 is 2.24 bits per heavy atom. The smallest absolute Gasteiger partial charge is 0.254 e. The topological polar surface area (TPSA) is 54.0 Å². The van der Waals surface area contributed by atoms with E-state index >= 15 is 0 Å². The number of thiophene rings is 1. The van der Waals surface area contributed by atoms with Gasteiger partial charge in [-0.1, -0.05) is 6.92 Å². The fraction of sp³-hybridized carbons (Fsp3) is 0.333. The van der Waals surface area contributed by atoms with Crippen LogP contribution >= 0.6 is 11.3 Å². The molecule has 0 bridgehead atoms. The second-order valence-electron chi connectivity index (χ2n) is 4.59. The Morgan fingerprint density at radius 1 is 1.38 bits per heavy atom. The fourth-order valence-corrected chi connectivity index (χ4v) is 2.54. The average Bonchev–Trinajstić information content (AvgIpc) is 2.99. The van der Waals surface area contributed by atoms with Gasteiger partial charge in [-0.15, -0.1) is 0 Å². The molecule has 2 N–H and O–H groups in total. The van der Waals surface area contributed by atoms with Crippen molar-refractivity contribution in [3.05, 3.63) is 46.0 Å². The summed E-state index contributed by atoms with van der Waals surface area (Å²) in [7, 11) is 0. The molecule has 2 rings (SSSR count). The zero-order chi connectivity index (χ0) is 15.1. The lowest BCUT2D eigenvalue weighted by molar-refractivity contribution is 0.0950. The van der Waals surface area contributed by atoms with Crippen molar-refractivity contribution in [2.45, 2.75) is 19.8 Å². The molecular weight excluding hydrogens is 289 g/mol. The molecule has 0 aliphatic rings. The van der Waals surface area contributed by atoms with Gasteiger partial charge in [-0.25, -0.2) is 9.37 Å². The van der Waals surface area contributed by atoms with E-state index in [1.165, 1.54) is 17.8 Å². The molecule has 21 heavy (non-hydrogen) atoms. The van der Waals surface area contributed by atoms with E-state index in [1.807, 2.05) is 23.8 Å². The molecule has 6 heteroatoms. The summed E-state index contributed by atoms with van der Waals surface area (Å²) in [4.78, 5) is 15.9. The van der Waals surface area contributed by atoms with Gasteiger partial charge in [0.15, 0.2) is 11.6 Å². The van der Waals surface area contributed by atoms with E-state index in [-0.39, 0.29) is 11.4 Å². The minimum Gasteiger partial charge on any atom is -0.368 e. The highest BCUT2D eigenvalue weighted by Crippen LogP contribution is 2.15. The van der Waals surface area contributed by atoms with Crippen molar-refractivity contribution < 1.29 is 9.18 Å². The third kappa shape index (κ3) is 4.26. The minimum atomic E-state index is -0.598. The summed E-state index contributed by atoms with van der Waals surface area (Å²) in [5, 5.41) is 9.63. The molecule has 2 heterocycles. The normalized spacial score (nSPS) is 10.4. The van der Waals surface area contributed by atoms with Gasteiger partial charge in [-0.05, 0) is 41.3 Å². The number of halogens is 1. The second-order valence-corrected chi connectivity index (χ2v) is 5.37. The molecule has 0 spiro atoms. The Kier molecular flexibility index (Phi) is 5.68. The van der Waals surface area contributed by atoms with Crippen molar-refractivity contribution in [3.8, 4) is 0 Å². The van der Waals surface area contributed by atoms with Crippen LogP contribution in [0.2, 0.25) is 0 Å². The first kappa shape index (κ1) is 15.4. The Hall–Kier alpha value is -1.95. The lowest BCUT2D eigenvalue weighted by Gasteiger charge is -2.09. The van der Waals surface area contributed by atoms with Crippen molar-refractivity contribution in [1.82, 2.24) is 10.3 Å². The highest BCUT2D eigenvalue weighted by atomic mass is 32.1. The summed E-state index contributed by atoms with van der Waals surface area (Å²) in [6, 6.07) is 3.41. The van der Waals surface area contributed by atoms with E-state index in [2.05, 4.69) is 15.6 Å². The highest BCUT2D eigenvalue weighted by Gasteiger charge is 2.15. The van der Waals surface area contributed by atoms with Crippen LogP contribution in [0.4, 0.5) is 10.2 Å². The van der Waals surface area contributed by atoms with Crippen molar-refractivity contribution >= 4 is 23.1 Å². The van der Waals surface area contributed by atoms with Crippen LogP contribution in [0.3, 0.4) is 0 Å². The predicted molar refractivity (Wildman–Crippen MR) is 83.3 cm³/mol. The van der Waals surface area contributed by atoms with Gasteiger partial charge < -0.3 is 10.6 Å². The van der Waals surface area contributed by atoms with Crippen LogP contribution in [0.1, 0.15) is 29.3 Å². The highest BCUT2D eigenvalue weighted by molar-refractivity contribution is 7.07. The van der Waals surface area contributed by atoms with Gasteiger partial charge in [0.05, 0.1) is 5.56 Å². The molecule has 0 radical (unpaired) electrons. The largest absolute Gasteiger partial charge is 0.368 e. The molecular formula is C15H18FN3OS. The summed E-state index contributed by atoms with van der Waals surface area (Å²) in [5.41, 5.74) is 1.19. The first-order valence-corrected chi connectivity index (χ1v) is 7.84. The second kappa shape index (κ2) is 7.73. The van der Waals surface area contributed by atoms with Crippen LogP contribution in [0.25, 0.3) is 0 Å². The third-order valence-electron chi connectivity index (χ3n) is 2.96. The van der Waals surface area contributed by atoms with Crippen LogP contribution in [0.15, 0.2) is 29.1 Å². The minimum absolute atomic E-state index is 0.0221. The van der Waals surface area contributed by atoms with Crippen molar-refractivity contribution in [2.75, 3.05) is 18.4 Å². The number of nitrogens with zero attached hydrogens (tertiary/aromatic N) is 1. The maximum absolute atomic E-state index is 14.2. The average molecular weight is 307 g/mol. The Morgan fingerprint density at radius 3 is 2.95 bits per heavy atom. The van der Waals surface area contributed by atoms with Crippen LogP contribution in [0, 0.1) is 5.82 Å². The SMILES string of the molecule is CCCNc1nccc(C(=O)NCCc2ccsc2)c1F. The van der Waals surface area contributed by atoms with Gasteiger partial charge in [0.25, 0.3) is 5.91 Å². The molecule has 112 valence electrons. The standard InChI is InChI=1S/C15H18FN3OS/c1-2-6-17-14-13(16)12(4-8-18-14)15(20)19-7-3-11-5-9-21-10-11/h4-5,8-10H,2-3,6-7H2,1H3,(H,17,18)(H,19,20). The van der Waals surface area contributed by atoms with Gasteiger partial charge in [-0.2, -0.15) is 11.3 Å². The number of anilines is 1. The number of pyridine rings is 1. The van der Waals surface area contributed by atoms with E-state index in [1.54, 1.807) is 11.3 Å². The number of nitrogens with one attached hydrogen (secondary N) is 2. The number of rotatable bonds is 7. The molecule has 4 nitrogen and oxygen atoms in total. The zero-order valence-corrected chi connectivity index (χ0v) is 12.7. The number of carbonyl (C=O) groups excluding carboxylic acids is 1. The van der Waals surface area contributed by atoms with Gasteiger partial charge >= 0.3 is 0 Å². The number of carbonyl (C=O) groups is 1. The van der Waals surface area contributed by atoms with Gasteiger partial charge in [0.2, 0.25) is 0 Å². The number of amides is 1.